The average molecular weight is 232 g/mol. The first-order valence-corrected chi connectivity index (χ1v) is 5.92. The second kappa shape index (κ2) is 6.87. The van der Waals surface area contributed by atoms with Crippen LogP contribution in [0.2, 0.25) is 0 Å². The summed E-state index contributed by atoms with van der Waals surface area (Å²) in [5.74, 6) is 1.16. The number of nitrogens with zero attached hydrogens (tertiary/aromatic N) is 3. The molecule has 0 saturated carbocycles. The van der Waals surface area contributed by atoms with Gasteiger partial charge in [0.2, 0.25) is 0 Å². The van der Waals surface area contributed by atoms with Crippen LogP contribution in [0.1, 0.15) is 25.8 Å². The Bertz CT molecular complexity index is 381. The summed E-state index contributed by atoms with van der Waals surface area (Å²) < 4.78 is 0. The summed E-state index contributed by atoms with van der Waals surface area (Å²) in [6.45, 7) is 6.86. The maximum absolute atomic E-state index is 8.66. The van der Waals surface area contributed by atoms with E-state index in [4.69, 9.17) is 11.0 Å². The van der Waals surface area contributed by atoms with Crippen LogP contribution in [-0.4, -0.2) is 23.0 Å². The van der Waals surface area contributed by atoms with Crippen molar-refractivity contribution in [3.63, 3.8) is 0 Å². The maximum Gasteiger partial charge on any atom is 0.127 e. The number of rotatable bonds is 6. The molecule has 0 fully saturated rings. The Labute approximate surface area is 103 Å². The lowest BCUT2D eigenvalue weighted by Gasteiger charge is -2.23. The van der Waals surface area contributed by atoms with E-state index >= 15 is 0 Å². The summed E-state index contributed by atoms with van der Waals surface area (Å²) in [7, 11) is 0. The molecule has 0 amide bonds. The van der Waals surface area contributed by atoms with Gasteiger partial charge >= 0.3 is 0 Å². The smallest absolute Gasteiger partial charge is 0.127 e. The van der Waals surface area contributed by atoms with Gasteiger partial charge in [0, 0.05) is 37.8 Å². The summed E-state index contributed by atoms with van der Waals surface area (Å²) in [5.41, 5.74) is 6.86. The normalized spacial score (nSPS) is 10.8. The molecule has 0 aromatic carbocycles. The van der Waals surface area contributed by atoms with E-state index in [0.29, 0.717) is 18.2 Å². The van der Waals surface area contributed by atoms with Gasteiger partial charge in [0.15, 0.2) is 0 Å². The fraction of sp³-hybridized carbons (Fsp3) is 0.538. The fourth-order valence-electron chi connectivity index (χ4n) is 1.78. The van der Waals surface area contributed by atoms with Gasteiger partial charge in [0.05, 0.1) is 6.07 Å². The molecule has 17 heavy (non-hydrogen) atoms. The third kappa shape index (κ3) is 4.83. The van der Waals surface area contributed by atoms with Crippen LogP contribution >= 0.6 is 0 Å². The molecule has 1 aromatic rings. The predicted molar refractivity (Wildman–Crippen MR) is 69.0 cm³/mol. The average Bonchev–Trinajstić information content (AvgIpc) is 2.28. The number of aromatic nitrogens is 1. The van der Waals surface area contributed by atoms with E-state index < -0.39 is 0 Å². The Balaban J connectivity index is 2.65. The second-order valence-electron chi connectivity index (χ2n) is 4.58. The number of nitriles is 1. The molecule has 0 unspecified atom stereocenters. The Morgan fingerprint density at radius 2 is 2.29 bits per heavy atom. The Kier molecular flexibility index (Phi) is 5.44. The topological polar surface area (TPSA) is 65.9 Å². The molecule has 0 aliphatic heterocycles. The van der Waals surface area contributed by atoms with Gasteiger partial charge in [0.1, 0.15) is 5.82 Å². The molecule has 0 aliphatic carbocycles. The molecular formula is C13H20N4. The quantitative estimate of drug-likeness (QED) is 0.815. The molecule has 2 N–H and O–H groups in total. The molecular weight excluding hydrogens is 212 g/mol. The van der Waals surface area contributed by atoms with Crippen molar-refractivity contribution in [1.82, 2.24) is 9.88 Å². The Morgan fingerprint density at radius 3 is 2.88 bits per heavy atom. The van der Waals surface area contributed by atoms with Gasteiger partial charge in [-0.15, -0.1) is 0 Å². The largest absolute Gasteiger partial charge is 0.383 e. The van der Waals surface area contributed by atoms with Gasteiger partial charge in [-0.1, -0.05) is 19.9 Å². The van der Waals surface area contributed by atoms with Crippen LogP contribution in [0.5, 0.6) is 0 Å². The van der Waals surface area contributed by atoms with Crippen molar-refractivity contribution >= 4 is 5.82 Å². The molecule has 4 nitrogen and oxygen atoms in total. The minimum absolute atomic E-state index is 0.548. The lowest BCUT2D eigenvalue weighted by atomic mass is 10.1. The molecule has 4 heteroatoms. The Morgan fingerprint density at radius 1 is 1.53 bits per heavy atom. The number of pyridine rings is 1. The zero-order valence-corrected chi connectivity index (χ0v) is 10.6. The van der Waals surface area contributed by atoms with Gasteiger partial charge < -0.3 is 5.73 Å². The third-order valence-electron chi connectivity index (χ3n) is 2.48. The maximum atomic E-state index is 8.66. The number of anilines is 1. The Hall–Kier alpha value is -1.60. The number of hydrogen-bond donors (Lipinski definition) is 1. The lowest BCUT2D eigenvalue weighted by Crippen LogP contribution is -2.28. The highest BCUT2D eigenvalue weighted by Gasteiger charge is 2.09. The van der Waals surface area contributed by atoms with Crippen LogP contribution in [0.15, 0.2) is 18.3 Å². The summed E-state index contributed by atoms with van der Waals surface area (Å²) in [5, 5.41) is 8.66. The van der Waals surface area contributed by atoms with Crippen molar-refractivity contribution in [2.24, 2.45) is 5.92 Å². The van der Waals surface area contributed by atoms with E-state index in [-0.39, 0.29) is 0 Å². The standard InChI is InChI=1S/C13H20N4/c1-11(2)9-17(8-4-6-14)10-12-5-3-7-16-13(12)15/h3,5,7,11H,4,8-10H2,1-2H3,(H2,15,16). The van der Waals surface area contributed by atoms with Crippen molar-refractivity contribution in [2.75, 3.05) is 18.8 Å². The molecule has 0 spiro atoms. The summed E-state index contributed by atoms with van der Waals surface area (Å²) in [6.07, 6.45) is 2.24. The first kappa shape index (κ1) is 13.5. The first-order chi connectivity index (χ1) is 8.13. The summed E-state index contributed by atoms with van der Waals surface area (Å²) in [6, 6.07) is 6.06. The zero-order chi connectivity index (χ0) is 12.7. The lowest BCUT2D eigenvalue weighted by molar-refractivity contribution is 0.241. The van der Waals surface area contributed by atoms with Crippen LogP contribution in [0, 0.1) is 17.2 Å². The number of hydrogen-bond acceptors (Lipinski definition) is 4. The highest BCUT2D eigenvalue weighted by atomic mass is 15.1. The fourth-order valence-corrected chi connectivity index (χ4v) is 1.78. The van der Waals surface area contributed by atoms with E-state index in [0.717, 1.165) is 25.2 Å². The van der Waals surface area contributed by atoms with Gasteiger partial charge in [-0.2, -0.15) is 5.26 Å². The van der Waals surface area contributed by atoms with Gasteiger partial charge in [0.25, 0.3) is 0 Å². The molecule has 92 valence electrons. The number of nitrogens with two attached hydrogens (primary N) is 1. The van der Waals surface area contributed by atoms with Crippen LogP contribution in [-0.2, 0) is 6.54 Å². The van der Waals surface area contributed by atoms with Gasteiger partial charge in [-0.3, -0.25) is 4.90 Å². The molecule has 0 bridgehead atoms. The zero-order valence-electron chi connectivity index (χ0n) is 10.6. The monoisotopic (exact) mass is 232 g/mol. The minimum Gasteiger partial charge on any atom is -0.383 e. The second-order valence-corrected chi connectivity index (χ2v) is 4.58. The van der Waals surface area contributed by atoms with Crippen molar-refractivity contribution in [3.05, 3.63) is 23.9 Å². The third-order valence-corrected chi connectivity index (χ3v) is 2.48. The summed E-state index contributed by atoms with van der Waals surface area (Å²) in [4.78, 5) is 6.33. The molecule has 0 saturated heterocycles. The molecule has 0 aliphatic rings. The first-order valence-electron chi connectivity index (χ1n) is 5.92. The molecule has 1 aromatic heterocycles. The highest BCUT2D eigenvalue weighted by Crippen LogP contribution is 2.12. The van der Waals surface area contributed by atoms with E-state index in [9.17, 15) is 0 Å². The van der Waals surface area contributed by atoms with Crippen LogP contribution in [0.3, 0.4) is 0 Å². The van der Waals surface area contributed by atoms with Crippen LogP contribution < -0.4 is 5.73 Å². The molecule has 1 rings (SSSR count). The van der Waals surface area contributed by atoms with E-state index in [1.807, 2.05) is 12.1 Å². The van der Waals surface area contributed by atoms with Crippen molar-refractivity contribution < 1.29 is 0 Å². The molecule has 0 atom stereocenters. The number of nitrogen functional groups attached to an aromatic ring is 1. The van der Waals surface area contributed by atoms with E-state index in [1.165, 1.54) is 0 Å². The predicted octanol–water partition coefficient (Wildman–Crippen LogP) is 2.04. The van der Waals surface area contributed by atoms with Crippen LogP contribution in [0.25, 0.3) is 0 Å². The van der Waals surface area contributed by atoms with Crippen molar-refractivity contribution in [2.45, 2.75) is 26.8 Å². The summed E-state index contributed by atoms with van der Waals surface area (Å²) >= 11 is 0. The van der Waals surface area contributed by atoms with E-state index in [1.54, 1.807) is 6.20 Å². The SMILES string of the molecule is CC(C)CN(CCC#N)Cc1cccnc1N. The van der Waals surface area contributed by atoms with E-state index in [2.05, 4.69) is 29.8 Å². The van der Waals surface area contributed by atoms with Gasteiger partial charge in [-0.05, 0) is 12.0 Å². The molecule has 0 radical (unpaired) electrons. The van der Waals surface area contributed by atoms with Gasteiger partial charge in [-0.25, -0.2) is 4.98 Å². The van der Waals surface area contributed by atoms with Crippen molar-refractivity contribution in [3.8, 4) is 6.07 Å². The van der Waals surface area contributed by atoms with Crippen LogP contribution in [0.4, 0.5) is 5.82 Å². The minimum atomic E-state index is 0.548. The van der Waals surface area contributed by atoms with Crippen molar-refractivity contribution in [1.29, 1.82) is 5.26 Å². The molecule has 1 heterocycles. The highest BCUT2D eigenvalue weighted by molar-refractivity contribution is 5.38.